The second kappa shape index (κ2) is 10.4. The summed E-state index contributed by atoms with van der Waals surface area (Å²) in [6, 6.07) is 9.93. The molecule has 8 nitrogen and oxygen atoms in total. The summed E-state index contributed by atoms with van der Waals surface area (Å²) in [6.45, 7) is 8.80. The van der Waals surface area contributed by atoms with Gasteiger partial charge in [0.25, 0.3) is 11.8 Å². The van der Waals surface area contributed by atoms with Crippen molar-refractivity contribution in [1.29, 1.82) is 5.26 Å². The number of hydrogen-bond acceptors (Lipinski definition) is 6. The van der Waals surface area contributed by atoms with Gasteiger partial charge in [-0.25, -0.2) is 0 Å². The number of likely N-dealkylation sites (tertiary alicyclic amines) is 1. The summed E-state index contributed by atoms with van der Waals surface area (Å²) in [5, 5.41) is 9.64. The molecule has 2 aliphatic heterocycles. The molecule has 0 saturated carbocycles. The van der Waals surface area contributed by atoms with Gasteiger partial charge in [-0.05, 0) is 42.0 Å². The smallest absolute Gasteiger partial charge is 0.251 e. The van der Waals surface area contributed by atoms with Crippen LogP contribution in [0.15, 0.2) is 48.8 Å². The highest BCUT2D eigenvalue weighted by Crippen LogP contribution is 2.34. The lowest BCUT2D eigenvalue weighted by molar-refractivity contribution is -0.139. The first-order valence-corrected chi connectivity index (χ1v) is 12.2. The Morgan fingerprint density at radius 2 is 1.86 bits per heavy atom. The summed E-state index contributed by atoms with van der Waals surface area (Å²) in [5.41, 5.74) is 2.34. The SMILES string of the molecule is CC(C)(C)c1ccc(N(C(=O)C2CCCN2C#N)C(C(=O)N2CCOCC2)c2cccnc2)cc1. The molecule has 4 rings (SSSR count). The number of anilines is 1. The van der Waals surface area contributed by atoms with Gasteiger partial charge in [-0.2, -0.15) is 5.26 Å². The normalized spacial score (nSPS) is 19.2. The highest BCUT2D eigenvalue weighted by molar-refractivity contribution is 6.04. The van der Waals surface area contributed by atoms with E-state index in [1.807, 2.05) is 30.3 Å². The van der Waals surface area contributed by atoms with Gasteiger partial charge >= 0.3 is 0 Å². The van der Waals surface area contributed by atoms with Crippen molar-refractivity contribution in [3.05, 3.63) is 59.9 Å². The first kappa shape index (κ1) is 24.7. The summed E-state index contributed by atoms with van der Waals surface area (Å²) >= 11 is 0. The van der Waals surface area contributed by atoms with Crippen LogP contribution < -0.4 is 4.90 Å². The number of morpholine rings is 1. The Morgan fingerprint density at radius 1 is 1.14 bits per heavy atom. The fraction of sp³-hybridized carbons (Fsp3) is 0.481. The van der Waals surface area contributed by atoms with Crippen LogP contribution in [0.25, 0.3) is 0 Å². The van der Waals surface area contributed by atoms with E-state index in [1.165, 1.54) is 4.90 Å². The van der Waals surface area contributed by atoms with Crippen molar-refractivity contribution in [3.63, 3.8) is 0 Å². The van der Waals surface area contributed by atoms with E-state index in [0.29, 0.717) is 50.5 Å². The molecule has 2 atom stereocenters. The van der Waals surface area contributed by atoms with Gasteiger partial charge in [-0.15, -0.1) is 0 Å². The predicted molar refractivity (Wildman–Crippen MR) is 132 cm³/mol. The Kier molecular flexibility index (Phi) is 7.37. The number of hydrogen-bond donors (Lipinski definition) is 0. The molecule has 2 unspecified atom stereocenters. The molecule has 2 amide bonds. The van der Waals surface area contributed by atoms with Gasteiger partial charge in [0.2, 0.25) is 0 Å². The van der Waals surface area contributed by atoms with Crippen LogP contribution >= 0.6 is 0 Å². The second-order valence-electron chi connectivity index (χ2n) is 10.1. The van der Waals surface area contributed by atoms with Crippen LogP contribution in [0.5, 0.6) is 0 Å². The van der Waals surface area contributed by atoms with Gasteiger partial charge in [0.1, 0.15) is 12.1 Å². The summed E-state index contributed by atoms with van der Waals surface area (Å²) in [7, 11) is 0. The lowest BCUT2D eigenvalue weighted by Gasteiger charge is -2.38. The number of carbonyl (C=O) groups is 2. The van der Waals surface area contributed by atoms with Gasteiger partial charge in [0.15, 0.2) is 6.19 Å². The molecule has 1 aromatic carbocycles. The number of amides is 2. The number of nitriles is 1. The first-order valence-electron chi connectivity index (χ1n) is 12.2. The Labute approximate surface area is 207 Å². The molecule has 0 spiro atoms. The Hall–Kier alpha value is -3.44. The minimum Gasteiger partial charge on any atom is -0.378 e. The molecule has 0 N–H and O–H groups in total. The zero-order chi connectivity index (χ0) is 25.0. The van der Waals surface area contributed by atoms with E-state index in [2.05, 4.69) is 31.9 Å². The van der Waals surface area contributed by atoms with Crippen molar-refractivity contribution in [2.75, 3.05) is 37.7 Å². The van der Waals surface area contributed by atoms with Crippen molar-refractivity contribution >= 4 is 17.5 Å². The van der Waals surface area contributed by atoms with Gasteiger partial charge < -0.3 is 9.64 Å². The largest absolute Gasteiger partial charge is 0.378 e. The Bertz CT molecular complexity index is 1070. The van der Waals surface area contributed by atoms with Crippen molar-refractivity contribution in [3.8, 4) is 6.19 Å². The Balaban J connectivity index is 1.82. The molecule has 35 heavy (non-hydrogen) atoms. The minimum atomic E-state index is -0.893. The maximum absolute atomic E-state index is 14.1. The third kappa shape index (κ3) is 5.30. The van der Waals surface area contributed by atoms with Crippen LogP contribution in [-0.4, -0.2) is 65.5 Å². The molecule has 2 aromatic rings. The molecule has 2 fully saturated rings. The number of pyridine rings is 1. The zero-order valence-electron chi connectivity index (χ0n) is 20.7. The highest BCUT2D eigenvalue weighted by atomic mass is 16.5. The number of rotatable bonds is 5. The fourth-order valence-electron chi connectivity index (χ4n) is 4.73. The third-order valence-electron chi connectivity index (χ3n) is 6.73. The maximum Gasteiger partial charge on any atom is 0.251 e. The molecule has 184 valence electrons. The molecule has 1 aromatic heterocycles. The number of carbonyl (C=O) groups excluding carboxylic acids is 2. The van der Waals surface area contributed by atoms with Crippen LogP contribution in [-0.2, 0) is 19.7 Å². The highest BCUT2D eigenvalue weighted by Gasteiger charge is 2.41. The number of ether oxygens (including phenoxy) is 1. The predicted octanol–water partition coefficient (Wildman–Crippen LogP) is 3.26. The van der Waals surface area contributed by atoms with Crippen LogP contribution in [0.2, 0.25) is 0 Å². The standard InChI is InChI=1S/C27H33N5O3/c1-27(2,3)21-8-10-22(11-9-21)32(25(33)23-7-5-13-31(23)19-28)24(20-6-4-12-29-18-20)26(34)30-14-16-35-17-15-30/h4,6,8-12,18,23-24H,5,7,13-17H2,1-3H3. The Morgan fingerprint density at radius 3 is 2.46 bits per heavy atom. The molecule has 2 aliphatic rings. The summed E-state index contributed by atoms with van der Waals surface area (Å²) < 4.78 is 5.45. The third-order valence-corrected chi connectivity index (χ3v) is 6.73. The molecule has 3 heterocycles. The van der Waals surface area contributed by atoms with E-state index in [-0.39, 0.29) is 17.2 Å². The second-order valence-corrected chi connectivity index (χ2v) is 10.1. The quantitative estimate of drug-likeness (QED) is 0.617. The van der Waals surface area contributed by atoms with E-state index in [0.717, 1.165) is 12.0 Å². The van der Waals surface area contributed by atoms with Gasteiger partial charge in [0, 0.05) is 43.3 Å². The monoisotopic (exact) mass is 475 g/mol. The van der Waals surface area contributed by atoms with E-state index in [1.54, 1.807) is 28.3 Å². The number of benzene rings is 1. The molecular weight excluding hydrogens is 442 g/mol. The van der Waals surface area contributed by atoms with Crippen LogP contribution in [0, 0.1) is 11.5 Å². The van der Waals surface area contributed by atoms with Gasteiger partial charge in [0.05, 0.1) is 13.2 Å². The molecular formula is C27H33N5O3. The minimum absolute atomic E-state index is 0.0528. The van der Waals surface area contributed by atoms with E-state index < -0.39 is 12.1 Å². The van der Waals surface area contributed by atoms with Gasteiger partial charge in [-0.3, -0.25) is 24.4 Å². The average molecular weight is 476 g/mol. The van der Waals surface area contributed by atoms with Crippen molar-refractivity contribution < 1.29 is 14.3 Å². The van der Waals surface area contributed by atoms with Gasteiger partial charge in [-0.1, -0.05) is 39.0 Å². The summed E-state index contributed by atoms with van der Waals surface area (Å²) in [6.07, 6.45) is 6.79. The van der Waals surface area contributed by atoms with E-state index >= 15 is 0 Å². The van der Waals surface area contributed by atoms with Crippen molar-refractivity contribution in [2.45, 2.75) is 51.1 Å². The number of nitrogens with zero attached hydrogens (tertiary/aromatic N) is 5. The zero-order valence-corrected chi connectivity index (χ0v) is 20.7. The molecule has 2 saturated heterocycles. The van der Waals surface area contributed by atoms with Crippen molar-refractivity contribution in [2.24, 2.45) is 0 Å². The summed E-state index contributed by atoms with van der Waals surface area (Å²) in [5.74, 6) is -0.418. The molecule has 0 bridgehead atoms. The van der Waals surface area contributed by atoms with Crippen LogP contribution in [0.4, 0.5) is 5.69 Å². The van der Waals surface area contributed by atoms with Crippen LogP contribution in [0.1, 0.15) is 50.8 Å². The van der Waals surface area contributed by atoms with Crippen molar-refractivity contribution in [1.82, 2.24) is 14.8 Å². The lowest BCUT2D eigenvalue weighted by atomic mass is 9.87. The maximum atomic E-state index is 14.1. The van der Waals surface area contributed by atoms with Crippen LogP contribution in [0.3, 0.4) is 0 Å². The number of aromatic nitrogens is 1. The topological polar surface area (TPSA) is 89.8 Å². The van der Waals surface area contributed by atoms with E-state index in [9.17, 15) is 14.9 Å². The molecule has 0 radical (unpaired) electrons. The lowest BCUT2D eigenvalue weighted by Crippen LogP contribution is -2.52. The average Bonchev–Trinajstić information content (AvgIpc) is 3.36. The first-order chi connectivity index (χ1) is 16.8. The summed E-state index contributed by atoms with van der Waals surface area (Å²) in [4.78, 5) is 37.2. The molecule has 8 heteroatoms. The van der Waals surface area contributed by atoms with E-state index in [4.69, 9.17) is 4.74 Å². The fourth-order valence-corrected chi connectivity index (χ4v) is 4.73. The molecule has 0 aliphatic carbocycles.